The van der Waals surface area contributed by atoms with Crippen LogP contribution in [0, 0.1) is 0 Å². The van der Waals surface area contributed by atoms with E-state index in [9.17, 15) is 0 Å². The molecular formula is C9H9ClO. The van der Waals surface area contributed by atoms with Crippen LogP contribution < -0.4 is 4.74 Å². The average Bonchev–Trinajstić information content (AvgIpc) is 2.04. The Hall–Kier alpha value is -0.950. The largest absolute Gasteiger partial charge is 0.496 e. The number of rotatable bonds is 2. The van der Waals surface area contributed by atoms with E-state index in [1.54, 1.807) is 7.11 Å². The molecular weight excluding hydrogens is 160 g/mol. The molecule has 0 atom stereocenters. The van der Waals surface area contributed by atoms with Crippen LogP contribution in [0.2, 0.25) is 0 Å². The quantitative estimate of drug-likeness (QED) is 0.660. The molecule has 2 heteroatoms. The summed E-state index contributed by atoms with van der Waals surface area (Å²) in [5.74, 6) is 0.757. The third kappa shape index (κ3) is 1.75. The Morgan fingerprint density at radius 3 is 2.55 bits per heavy atom. The highest BCUT2D eigenvalue weighted by atomic mass is 35.5. The summed E-state index contributed by atoms with van der Waals surface area (Å²) in [5, 5.41) is 0.502. The molecule has 0 amide bonds. The SMILES string of the molecule is C=C(Cl)c1ccccc1OC. The summed E-state index contributed by atoms with van der Waals surface area (Å²) in [4.78, 5) is 0. The van der Waals surface area contributed by atoms with Gasteiger partial charge in [-0.15, -0.1) is 0 Å². The topological polar surface area (TPSA) is 9.23 Å². The summed E-state index contributed by atoms with van der Waals surface area (Å²) in [7, 11) is 1.61. The zero-order valence-corrected chi connectivity index (χ0v) is 7.06. The Morgan fingerprint density at radius 2 is 2.09 bits per heavy atom. The van der Waals surface area contributed by atoms with Crippen molar-refractivity contribution in [2.45, 2.75) is 0 Å². The minimum atomic E-state index is 0.502. The number of hydrogen-bond acceptors (Lipinski definition) is 1. The summed E-state index contributed by atoms with van der Waals surface area (Å²) in [6.45, 7) is 3.62. The Kier molecular flexibility index (Phi) is 2.55. The van der Waals surface area contributed by atoms with Crippen LogP contribution in [0.1, 0.15) is 5.56 Å². The van der Waals surface area contributed by atoms with Crippen molar-refractivity contribution in [2.75, 3.05) is 7.11 Å². The first-order valence-corrected chi connectivity index (χ1v) is 3.61. The number of para-hydroxylation sites is 1. The summed E-state index contributed by atoms with van der Waals surface area (Å²) in [6.07, 6.45) is 0. The number of ether oxygens (including phenoxy) is 1. The van der Waals surface area contributed by atoms with Gasteiger partial charge in [-0.1, -0.05) is 30.3 Å². The Morgan fingerprint density at radius 1 is 1.45 bits per heavy atom. The lowest BCUT2D eigenvalue weighted by Gasteiger charge is -2.04. The van der Waals surface area contributed by atoms with Crippen LogP contribution in [0.4, 0.5) is 0 Å². The second-order valence-corrected chi connectivity index (χ2v) is 2.56. The molecule has 0 aliphatic carbocycles. The Balaban J connectivity index is 3.12. The van der Waals surface area contributed by atoms with Crippen LogP contribution in [-0.4, -0.2) is 7.11 Å². The maximum absolute atomic E-state index is 5.71. The highest BCUT2D eigenvalue weighted by Gasteiger charge is 2.01. The summed E-state index contributed by atoms with van der Waals surface area (Å²) >= 11 is 5.71. The molecule has 0 aromatic heterocycles. The van der Waals surface area contributed by atoms with Crippen LogP contribution in [0.3, 0.4) is 0 Å². The number of benzene rings is 1. The molecule has 0 aliphatic heterocycles. The molecule has 0 spiro atoms. The maximum Gasteiger partial charge on any atom is 0.127 e. The first kappa shape index (κ1) is 8.15. The summed E-state index contributed by atoms with van der Waals surface area (Å²) in [6, 6.07) is 7.50. The van der Waals surface area contributed by atoms with Crippen molar-refractivity contribution in [2.24, 2.45) is 0 Å². The first-order valence-electron chi connectivity index (χ1n) is 3.23. The lowest BCUT2D eigenvalue weighted by Crippen LogP contribution is -1.86. The minimum absolute atomic E-state index is 0.502. The normalized spacial score (nSPS) is 9.27. The van der Waals surface area contributed by atoms with Gasteiger partial charge in [-0.3, -0.25) is 0 Å². The van der Waals surface area contributed by atoms with Crippen LogP contribution in [0.25, 0.3) is 5.03 Å². The fourth-order valence-corrected chi connectivity index (χ4v) is 1.02. The van der Waals surface area contributed by atoms with Gasteiger partial charge in [0.05, 0.1) is 7.11 Å². The Bertz CT molecular complexity index is 268. The van der Waals surface area contributed by atoms with Crippen LogP contribution in [0.15, 0.2) is 30.8 Å². The molecule has 1 rings (SSSR count). The maximum atomic E-state index is 5.71. The van der Waals surface area contributed by atoms with Crippen LogP contribution >= 0.6 is 11.6 Å². The molecule has 1 nitrogen and oxygen atoms in total. The van der Waals surface area contributed by atoms with Gasteiger partial charge in [0.2, 0.25) is 0 Å². The van der Waals surface area contributed by atoms with Crippen molar-refractivity contribution in [3.05, 3.63) is 36.4 Å². The van der Waals surface area contributed by atoms with Crippen LogP contribution in [-0.2, 0) is 0 Å². The molecule has 58 valence electrons. The molecule has 1 aromatic carbocycles. The van der Waals surface area contributed by atoms with Gasteiger partial charge < -0.3 is 4.74 Å². The van der Waals surface area contributed by atoms with E-state index in [1.807, 2.05) is 24.3 Å². The zero-order chi connectivity index (χ0) is 8.27. The van der Waals surface area contributed by atoms with Gasteiger partial charge >= 0.3 is 0 Å². The fraction of sp³-hybridized carbons (Fsp3) is 0.111. The number of hydrogen-bond donors (Lipinski definition) is 0. The monoisotopic (exact) mass is 168 g/mol. The van der Waals surface area contributed by atoms with Crippen molar-refractivity contribution >= 4 is 16.6 Å². The smallest absolute Gasteiger partial charge is 0.127 e. The van der Waals surface area contributed by atoms with Crippen molar-refractivity contribution in [3.8, 4) is 5.75 Å². The lowest BCUT2D eigenvalue weighted by molar-refractivity contribution is 0.414. The highest BCUT2D eigenvalue weighted by Crippen LogP contribution is 2.26. The van der Waals surface area contributed by atoms with Gasteiger partial charge in [0.15, 0.2) is 0 Å². The molecule has 0 bridgehead atoms. The van der Waals surface area contributed by atoms with Crippen LogP contribution in [0.5, 0.6) is 5.75 Å². The van der Waals surface area contributed by atoms with E-state index in [0.717, 1.165) is 11.3 Å². The van der Waals surface area contributed by atoms with Gasteiger partial charge in [-0.25, -0.2) is 0 Å². The average molecular weight is 169 g/mol. The van der Waals surface area contributed by atoms with E-state index in [2.05, 4.69) is 6.58 Å². The van der Waals surface area contributed by atoms with E-state index in [-0.39, 0.29) is 0 Å². The van der Waals surface area contributed by atoms with E-state index < -0.39 is 0 Å². The van der Waals surface area contributed by atoms with E-state index in [0.29, 0.717) is 5.03 Å². The van der Waals surface area contributed by atoms with Gasteiger partial charge in [0.25, 0.3) is 0 Å². The Labute approximate surface area is 71.3 Å². The third-order valence-electron chi connectivity index (χ3n) is 1.40. The standard InChI is InChI=1S/C9H9ClO/c1-7(10)8-5-3-4-6-9(8)11-2/h3-6H,1H2,2H3. The van der Waals surface area contributed by atoms with Crippen molar-refractivity contribution in [3.63, 3.8) is 0 Å². The molecule has 1 aromatic rings. The molecule has 0 aliphatic rings. The van der Waals surface area contributed by atoms with Gasteiger partial charge in [-0.2, -0.15) is 0 Å². The second-order valence-electron chi connectivity index (χ2n) is 2.11. The van der Waals surface area contributed by atoms with Crippen molar-refractivity contribution < 1.29 is 4.74 Å². The first-order chi connectivity index (χ1) is 5.25. The highest BCUT2D eigenvalue weighted by molar-refractivity contribution is 6.48. The lowest BCUT2D eigenvalue weighted by atomic mass is 10.2. The molecule has 0 heterocycles. The third-order valence-corrected chi connectivity index (χ3v) is 1.60. The molecule has 0 N–H and O–H groups in total. The molecule has 0 saturated heterocycles. The second kappa shape index (κ2) is 3.44. The molecule has 0 fully saturated rings. The van der Waals surface area contributed by atoms with Gasteiger partial charge in [0.1, 0.15) is 5.75 Å². The van der Waals surface area contributed by atoms with E-state index in [4.69, 9.17) is 16.3 Å². The minimum Gasteiger partial charge on any atom is -0.496 e. The summed E-state index contributed by atoms with van der Waals surface area (Å²) in [5.41, 5.74) is 0.844. The predicted molar refractivity (Wildman–Crippen MR) is 47.9 cm³/mol. The van der Waals surface area contributed by atoms with Crippen molar-refractivity contribution in [1.29, 1.82) is 0 Å². The zero-order valence-electron chi connectivity index (χ0n) is 6.30. The predicted octanol–water partition coefficient (Wildman–Crippen LogP) is 2.90. The number of methoxy groups -OCH3 is 1. The molecule has 0 radical (unpaired) electrons. The summed E-state index contributed by atoms with van der Waals surface area (Å²) < 4.78 is 5.06. The van der Waals surface area contributed by atoms with Crippen molar-refractivity contribution in [1.82, 2.24) is 0 Å². The van der Waals surface area contributed by atoms with E-state index >= 15 is 0 Å². The van der Waals surface area contributed by atoms with E-state index in [1.165, 1.54) is 0 Å². The molecule has 11 heavy (non-hydrogen) atoms. The fourth-order valence-electron chi connectivity index (χ4n) is 0.869. The number of halogens is 1. The van der Waals surface area contributed by atoms with Gasteiger partial charge in [-0.05, 0) is 12.1 Å². The molecule has 0 saturated carbocycles. The van der Waals surface area contributed by atoms with Gasteiger partial charge in [0, 0.05) is 10.6 Å². The molecule has 0 unspecified atom stereocenters.